The second-order valence-corrected chi connectivity index (χ2v) is 5.86. The number of unbranched alkanes of at least 4 members (excludes halogenated alkanes) is 11. The Morgan fingerprint density at radius 1 is 0.818 bits per heavy atom. The summed E-state index contributed by atoms with van der Waals surface area (Å²) in [4.78, 5) is 14.8. The predicted molar refractivity (Wildman–Crippen MR) is 89.3 cm³/mol. The minimum absolute atomic E-state index is 0.304. The first-order valence-electron chi connectivity index (χ1n) is 8.97. The van der Waals surface area contributed by atoms with Gasteiger partial charge in [-0.2, -0.15) is 0 Å². The highest BCUT2D eigenvalue weighted by Crippen LogP contribution is 2.10. The Labute approximate surface area is 135 Å². The third-order valence-electron chi connectivity index (χ3n) is 3.77. The second-order valence-electron chi connectivity index (χ2n) is 5.86. The first-order chi connectivity index (χ1) is 10.8. The number of allylic oxidation sites excluding steroid dienone is 2. The number of carbonyl (C=O) groups is 1. The van der Waals surface area contributed by atoms with Gasteiger partial charge in [-0.15, -0.1) is 0 Å². The van der Waals surface area contributed by atoms with Crippen LogP contribution in [0.25, 0.3) is 0 Å². The van der Waals surface area contributed by atoms with Crippen LogP contribution < -0.4 is 0 Å². The minimum Gasteiger partial charge on any atom is -0.269 e. The topological polar surface area (TPSA) is 55.8 Å². The second kappa shape index (κ2) is 18.2. The maximum Gasteiger partial charge on any atom is 0.345 e. The maximum absolute atomic E-state index is 10.9. The smallest absolute Gasteiger partial charge is 0.269 e. The van der Waals surface area contributed by atoms with E-state index in [1.54, 1.807) is 0 Å². The highest BCUT2D eigenvalue weighted by molar-refractivity contribution is 5.68. The van der Waals surface area contributed by atoms with Crippen LogP contribution in [-0.4, -0.2) is 11.2 Å². The van der Waals surface area contributed by atoms with E-state index in [4.69, 9.17) is 5.26 Å². The lowest BCUT2D eigenvalue weighted by Gasteiger charge is -2.00. The van der Waals surface area contributed by atoms with Crippen molar-refractivity contribution in [2.24, 2.45) is 0 Å². The molecule has 0 aromatic rings. The lowest BCUT2D eigenvalue weighted by atomic mass is 10.1. The molecule has 0 bridgehead atoms. The molecule has 1 N–H and O–H groups in total. The van der Waals surface area contributed by atoms with E-state index in [2.05, 4.69) is 29.0 Å². The molecule has 0 saturated carbocycles. The Balaban J connectivity index is 3.12. The quantitative estimate of drug-likeness (QED) is 0.165. The van der Waals surface area contributed by atoms with Crippen molar-refractivity contribution in [3.05, 3.63) is 12.2 Å². The third kappa shape index (κ3) is 17.2. The van der Waals surface area contributed by atoms with Gasteiger partial charge in [0.25, 0.3) is 0 Å². The van der Waals surface area contributed by atoms with Gasteiger partial charge in [-0.05, 0) is 37.1 Å². The van der Waals surface area contributed by atoms with E-state index in [9.17, 15) is 4.79 Å². The van der Waals surface area contributed by atoms with Gasteiger partial charge in [0.2, 0.25) is 0 Å². The lowest BCUT2D eigenvalue weighted by molar-refractivity contribution is -0.462. The Kier molecular flexibility index (Phi) is 17.5. The summed E-state index contributed by atoms with van der Waals surface area (Å²) in [5, 5.41) is 11.2. The molecule has 22 heavy (non-hydrogen) atoms. The van der Waals surface area contributed by atoms with Gasteiger partial charge in [-0.25, -0.2) is 10.1 Å². The average molecular weight is 314 g/mol. The van der Waals surface area contributed by atoms with Gasteiger partial charge in [0.05, 0.1) is 0 Å². The van der Waals surface area contributed by atoms with Crippen LogP contribution in [0.3, 0.4) is 0 Å². The van der Waals surface area contributed by atoms with Crippen LogP contribution in [0.15, 0.2) is 12.2 Å². The molecular weight excluding hydrogens is 280 g/mol. The van der Waals surface area contributed by atoms with E-state index in [-0.39, 0.29) is 0 Å². The van der Waals surface area contributed by atoms with Gasteiger partial charge in [-0.1, -0.05) is 70.4 Å². The molecule has 0 saturated heterocycles. The molecule has 0 spiro atoms. The van der Waals surface area contributed by atoms with E-state index in [1.807, 2.05) is 0 Å². The summed E-state index contributed by atoms with van der Waals surface area (Å²) in [5.74, 6) is -0.514. The van der Waals surface area contributed by atoms with Gasteiger partial charge in [-0.3, -0.25) is 4.89 Å². The molecule has 0 heterocycles. The molecule has 130 valence electrons. The van der Waals surface area contributed by atoms with Gasteiger partial charge in [0, 0.05) is 6.42 Å². The average Bonchev–Trinajstić information content (AvgIpc) is 2.51. The molecule has 0 aliphatic carbocycles. The van der Waals surface area contributed by atoms with Gasteiger partial charge in [0.1, 0.15) is 0 Å². The monoisotopic (exact) mass is 314 g/mol. The molecule has 0 radical (unpaired) electrons. The van der Waals surface area contributed by atoms with Crippen molar-refractivity contribution in [1.82, 2.24) is 0 Å². The summed E-state index contributed by atoms with van der Waals surface area (Å²) in [6, 6.07) is 0. The molecule has 0 rings (SSSR count). The summed E-state index contributed by atoms with van der Waals surface area (Å²) in [6.45, 7) is 2.25. The fraction of sp³-hybridized carbons (Fsp3) is 0.833. The molecule has 0 aliphatic rings. The lowest BCUT2D eigenvalue weighted by Crippen LogP contribution is -2.02. The molecule has 0 unspecified atom stereocenters. The summed E-state index contributed by atoms with van der Waals surface area (Å²) < 4.78 is 0. The molecule has 0 aliphatic heterocycles. The minimum atomic E-state index is -0.514. The van der Waals surface area contributed by atoms with E-state index in [0.717, 1.165) is 25.7 Å². The fourth-order valence-corrected chi connectivity index (χ4v) is 2.42. The van der Waals surface area contributed by atoms with Crippen molar-refractivity contribution in [2.75, 3.05) is 0 Å². The zero-order chi connectivity index (χ0) is 16.3. The normalized spacial score (nSPS) is 11.2. The molecule has 4 heteroatoms. The van der Waals surface area contributed by atoms with E-state index in [1.165, 1.54) is 57.8 Å². The van der Waals surface area contributed by atoms with E-state index in [0.29, 0.717) is 6.42 Å². The van der Waals surface area contributed by atoms with Crippen molar-refractivity contribution < 1.29 is 20.0 Å². The number of rotatable bonds is 16. The predicted octanol–water partition coefficient (Wildman–Crippen LogP) is 5.97. The zero-order valence-corrected chi connectivity index (χ0v) is 14.2. The Hall–Kier alpha value is -0.870. The van der Waals surface area contributed by atoms with Crippen LogP contribution in [0.1, 0.15) is 96.8 Å². The summed E-state index contributed by atoms with van der Waals surface area (Å²) in [6.07, 6.45) is 20.9. The van der Waals surface area contributed by atoms with Gasteiger partial charge < -0.3 is 0 Å². The van der Waals surface area contributed by atoms with Crippen LogP contribution in [0.2, 0.25) is 0 Å². The summed E-state index contributed by atoms with van der Waals surface area (Å²) in [7, 11) is 0. The van der Waals surface area contributed by atoms with Crippen LogP contribution >= 0.6 is 0 Å². The van der Waals surface area contributed by atoms with Crippen LogP contribution in [-0.2, 0) is 14.7 Å². The summed E-state index contributed by atoms with van der Waals surface area (Å²) >= 11 is 0. The standard InChI is InChI=1S/C18H34O4/c1-2-3-4-5-6-7-8-9-10-11-12-13-14-15-16-17-18(19)21-22-20/h9-10,20H,2-8,11-17H2,1H3/b10-9-. The van der Waals surface area contributed by atoms with Crippen LogP contribution in [0, 0.1) is 0 Å². The van der Waals surface area contributed by atoms with Crippen LogP contribution in [0.4, 0.5) is 0 Å². The molecular formula is C18H34O4. The molecule has 0 fully saturated rings. The number of hydrogen-bond acceptors (Lipinski definition) is 4. The van der Waals surface area contributed by atoms with E-state index >= 15 is 0 Å². The van der Waals surface area contributed by atoms with Crippen molar-refractivity contribution in [3.8, 4) is 0 Å². The SMILES string of the molecule is CCCCCCCC/C=C\CCCCCCCC(=O)OOO. The first kappa shape index (κ1) is 21.1. The molecule has 0 amide bonds. The maximum atomic E-state index is 10.9. The van der Waals surface area contributed by atoms with Gasteiger partial charge in [0.15, 0.2) is 0 Å². The third-order valence-corrected chi connectivity index (χ3v) is 3.77. The Morgan fingerprint density at radius 2 is 1.32 bits per heavy atom. The van der Waals surface area contributed by atoms with Crippen molar-refractivity contribution >= 4 is 5.97 Å². The number of hydrogen-bond donors (Lipinski definition) is 1. The molecule has 4 nitrogen and oxygen atoms in total. The highest BCUT2D eigenvalue weighted by Gasteiger charge is 2.02. The van der Waals surface area contributed by atoms with Crippen molar-refractivity contribution in [1.29, 1.82) is 0 Å². The molecule has 0 aromatic heterocycles. The molecule has 0 aromatic carbocycles. The summed E-state index contributed by atoms with van der Waals surface area (Å²) in [5.41, 5.74) is 0. The van der Waals surface area contributed by atoms with E-state index < -0.39 is 5.97 Å². The van der Waals surface area contributed by atoms with Gasteiger partial charge >= 0.3 is 5.97 Å². The number of carbonyl (C=O) groups excluding carboxylic acids is 1. The molecule has 0 atom stereocenters. The zero-order valence-electron chi connectivity index (χ0n) is 14.2. The highest BCUT2D eigenvalue weighted by atomic mass is 17.5. The van der Waals surface area contributed by atoms with Crippen molar-refractivity contribution in [2.45, 2.75) is 96.8 Å². The largest absolute Gasteiger partial charge is 0.345 e. The Bertz CT molecular complexity index is 264. The first-order valence-corrected chi connectivity index (χ1v) is 8.97. The van der Waals surface area contributed by atoms with Crippen molar-refractivity contribution in [3.63, 3.8) is 0 Å². The van der Waals surface area contributed by atoms with Crippen LogP contribution in [0.5, 0.6) is 0 Å². The Morgan fingerprint density at radius 3 is 1.86 bits per heavy atom. The fourth-order valence-electron chi connectivity index (χ4n) is 2.42.